The van der Waals surface area contributed by atoms with Gasteiger partial charge in [0.05, 0.1) is 12.1 Å². The van der Waals surface area contributed by atoms with Gasteiger partial charge < -0.3 is 15.8 Å². The van der Waals surface area contributed by atoms with Crippen LogP contribution >= 0.6 is 0 Å². The van der Waals surface area contributed by atoms with E-state index in [2.05, 4.69) is 12.2 Å². The van der Waals surface area contributed by atoms with Crippen molar-refractivity contribution in [1.29, 1.82) is 0 Å². The van der Waals surface area contributed by atoms with Gasteiger partial charge in [-0.2, -0.15) is 0 Å². The van der Waals surface area contributed by atoms with E-state index in [0.29, 0.717) is 13.2 Å². The molecule has 0 aliphatic heterocycles. The Labute approximate surface area is 98.9 Å². The van der Waals surface area contributed by atoms with Crippen molar-refractivity contribution in [2.75, 3.05) is 13.2 Å². The van der Waals surface area contributed by atoms with Gasteiger partial charge in [0.2, 0.25) is 5.91 Å². The Bertz CT molecular complexity index is 184. The summed E-state index contributed by atoms with van der Waals surface area (Å²) in [5, 5.41) is 2.82. The third kappa shape index (κ3) is 8.68. The predicted molar refractivity (Wildman–Crippen MR) is 66.2 cm³/mol. The van der Waals surface area contributed by atoms with E-state index in [4.69, 9.17) is 10.5 Å². The fraction of sp³-hybridized carbons (Fsp3) is 0.917. The quantitative estimate of drug-likeness (QED) is 0.589. The molecule has 0 radical (unpaired) electrons. The van der Waals surface area contributed by atoms with E-state index in [1.807, 2.05) is 13.8 Å². The molecule has 0 aromatic heterocycles. The zero-order valence-corrected chi connectivity index (χ0v) is 10.8. The molecule has 0 unspecified atom stereocenters. The molecule has 1 atom stereocenters. The molecule has 16 heavy (non-hydrogen) atoms. The number of unbranched alkanes of at least 4 members (excludes halogenated alkanes) is 1. The summed E-state index contributed by atoms with van der Waals surface area (Å²) < 4.78 is 5.37. The van der Waals surface area contributed by atoms with Gasteiger partial charge in [0.15, 0.2) is 0 Å². The third-order valence-electron chi connectivity index (χ3n) is 2.28. The first-order chi connectivity index (χ1) is 7.57. The molecular weight excluding hydrogens is 204 g/mol. The Hall–Kier alpha value is -0.610. The van der Waals surface area contributed by atoms with Gasteiger partial charge in [0.1, 0.15) is 0 Å². The van der Waals surface area contributed by atoms with Crippen LogP contribution in [0.1, 0.15) is 46.5 Å². The molecule has 0 saturated heterocycles. The second kappa shape index (κ2) is 9.60. The normalized spacial score (nSPS) is 12.8. The van der Waals surface area contributed by atoms with Gasteiger partial charge in [-0.3, -0.25) is 4.79 Å². The van der Waals surface area contributed by atoms with Crippen LogP contribution in [0, 0.1) is 0 Å². The van der Waals surface area contributed by atoms with Gasteiger partial charge in [-0.05, 0) is 26.7 Å². The Morgan fingerprint density at radius 3 is 2.62 bits per heavy atom. The standard InChI is InChI=1S/C12H26N2O2/c1-4-5-7-11(13)12(15)14-8-6-9-16-10(2)3/h10-11H,4-9,13H2,1-3H3,(H,14,15)/t11-/m0/s1. The van der Waals surface area contributed by atoms with Gasteiger partial charge in [0, 0.05) is 13.2 Å². The lowest BCUT2D eigenvalue weighted by atomic mass is 10.1. The summed E-state index contributed by atoms with van der Waals surface area (Å²) in [7, 11) is 0. The number of hydrogen-bond donors (Lipinski definition) is 2. The summed E-state index contributed by atoms with van der Waals surface area (Å²) >= 11 is 0. The number of rotatable bonds is 9. The van der Waals surface area contributed by atoms with E-state index < -0.39 is 0 Å². The van der Waals surface area contributed by atoms with Gasteiger partial charge in [-0.25, -0.2) is 0 Å². The Balaban J connectivity index is 3.42. The van der Waals surface area contributed by atoms with Crippen molar-refractivity contribution in [3.63, 3.8) is 0 Å². The number of carbonyl (C=O) groups is 1. The Kier molecular flexibility index (Phi) is 9.24. The number of amides is 1. The van der Waals surface area contributed by atoms with E-state index in [1.54, 1.807) is 0 Å². The van der Waals surface area contributed by atoms with Crippen molar-refractivity contribution >= 4 is 5.91 Å². The van der Waals surface area contributed by atoms with Crippen molar-refractivity contribution in [2.45, 2.75) is 58.6 Å². The minimum absolute atomic E-state index is 0.0435. The lowest BCUT2D eigenvalue weighted by molar-refractivity contribution is -0.122. The van der Waals surface area contributed by atoms with Crippen LogP contribution in [0.15, 0.2) is 0 Å². The number of nitrogens with one attached hydrogen (secondary N) is 1. The molecular formula is C12H26N2O2. The molecule has 0 spiro atoms. The van der Waals surface area contributed by atoms with Crippen molar-refractivity contribution in [1.82, 2.24) is 5.32 Å². The van der Waals surface area contributed by atoms with E-state index >= 15 is 0 Å². The van der Waals surface area contributed by atoms with Gasteiger partial charge in [-0.1, -0.05) is 19.8 Å². The molecule has 96 valence electrons. The molecule has 0 fully saturated rings. The van der Waals surface area contributed by atoms with Crippen molar-refractivity contribution in [3.8, 4) is 0 Å². The van der Waals surface area contributed by atoms with E-state index in [9.17, 15) is 4.79 Å². The first kappa shape index (κ1) is 15.4. The van der Waals surface area contributed by atoms with Crippen LogP contribution in [0.4, 0.5) is 0 Å². The maximum absolute atomic E-state index is 11.5. The van der Waals surface area contributed by atoms with Crippen molar-refractivity contribution < 1.29 is 9.53 Å². The van der Waals surface area contributed by atoms with E-state index in [1.165, 1.54) is 0 Å². The zero-order chi connectivity index (χ0) is 12.4. The molecule has 0 heterocycles. The zero-order valence-electron chi connectivity index (χ0n) is 10.8. The fourth-order valence-corrected chi connectivity index (χ4v) is 1.29. The lowest BCUT2D eigenvalue weighted by Crippen LogP contribution is -2.41. The average molecular weight is 230 g/mol. The lowest BCUT2D eigenvalue weighted by Gasteiger charge is -2.12. The maximum Gasteiger partial charge on any atom is 0.236 e. The third-order valence-corrected chi connectivity index (χ3v) is 2.28. The molecule has 0 aliphatic rings. The van der Waals surface area contributed by atoms with Gasteiger partial charge in [-0.15, -0.1) is 0 Å². The van der Waals surface area contributed by atoms with Crippen LogP contribution in [0.3, 0.4) is 0 Å². The van der Waals surface area contributed by atoms with Crippen LogP contribution in [0.2, 0.25) is 0 Å². The van der Waals surface area contributed by atoms with Gasteiger partial charge in [0.25, 0.3) is 0 Å². The predicted octanol–water partition coefficient (Wildman–Crippen LogP) is 1.44. The topological polar surface area (TPSA) is 64.4 Å². The SMILES string of the molecule is CCCC[C@H](N)C(=O)NCCCOC(C)C. The van der Waals surface area contributed by atoms with Crippen molar-refractivity contribution in [3.05, 3.63) is 0 Å². The van der Waals surface area contributed by atoms with Crippen molar-refractivity contribution in [2.24, 2.45) is 5.73 Å². The van der Waals surface area contributed by atoms with Crippen LogP contribution in [-0.2, 0) is 9.53 Å². The smallest absolute Gasteiger partial charge is 0.236 e. The number of hydrogen-bond acceptors (Lipinski definition) is 3. The molecule has 0 bridgehead atoms. The second-order valence-electron chi connectivity index (χ2n) is 4.31. The first-order valence-electron chi connectivity index (χ1n) is 6.22. The molecule has 0 aromatic rings. The van der Waals surface area contributed by atoms with Crippen LogP contribution < -0.4 is 11.1 Å². The number of nitrogens with two attached hydrogens (primary N) is 1. The summed E-state index contributed by atoms with van der Waals surface area (Å²) in [6.45, 7) is 7.42. The van der Waals surface area contributed by atoms with Crippen LogP contribution in [0.5, 0.6) is 0 Å². The maximum atomic E-state index is 11.5. The molecule has 0 aromatic carbocycles. The number of carbonyl (C=O) groups excluding carboxylic acids is 1. The Morgan fingerprint density at radius 1 is 1.38 bits per heavy atom. The average Bonchev–Trinajstić information content (AvgIpc) is 2.24. The van der Waals surface area contributed by atoms with E-state index in [-0.39, 0.29) is 18.1 Å². The first-order valence-corrected chi connectivity index (χ1v) is 6.22. The van der Waals surface area contributed by atoms with Crippen LogP contribution in [-0.4, -0.2) is 31.2 Å². The highest BCUT2D eigenvalue weighted by Crippen LogP contribution is 1.98. The van der Waals surface area contributed by atoms with Gasteiger partial charge >= 0.3 is 0 Å². The minimum Gasteiger partial charge on any atom is -0.379 e. The molecule has 0 saturated carbocycles. The summed E-state index contributed by atoms with van der Waals surface area (Å²) in [5.74, 6) is -0.0435. The molecule has 0 rings (SSSR count). The monoisotopic (exact) mass is 230 g/mol. The second-order valence-corrected chi connectivity index (χ2v) is 4.31. The van der Waals surface area contributed by atoms with Crippen LogP contribution in [0.25, 0.3) is 0 Å². The highest BCUT2D eigenvalue weighted by atomic mass is 16.5. The fourth-order valence-electron chi connectivity index (χ4n) is 1.29. The highest BCUT2D eigenvalue weighted by molar-refractivity contribution is 5.81. The summed E-state index contributed by atoms with van der Waals surface area (Å²) in [6.07, 6.45) is 3.94. The number of ether oxygens (including phenoxy) is 1. The summed E-state index contributed by atoms with van der Waals surface area (Å²) in [5.41, 5.74) is 5.72. The minimum atomic E-state index is -0.356. The highest BCUT2D eigenvalue weighted by Gasteiger charge is 2.11. The molecule has 4 nitrogen and oxygen atoms in total. The molecule has 3 N–H and O–H groups in total. The van der Waals surface area contributed by atoms with E-state index in [0.717, 1.165) is 25.7 Å². The largest absolute Gasteiger partial charge is 0.379 e. The molecule has 4 heteroatoms. The summed E-state index contributed by atoms with van der Waals surface area (Å²) in [4.78, 5) is 11.5. The molecule has 0 aliphatic carbocycles. The summed E-state index contributed by atoms with van der Waals surface area (Å²) in [6, 6.07) is -0.356. The molecule has 1 amide bonds. The Morgan fingerprint density at radius 2 is 2.06 bits per heavy atom.